The van der Waals surface area contributed by atoms with E-state index < -0.39 is 5.97 Å². The van der Waals surface area contributed by atoms with Crippen molar-refractivity contribution in [3.05, 3.63) is 47.8 Å². The number of aromatic nitrogens is 3. The van der Waals surface area contributed by atoms with E-state index in [2.05, 4.69) is 20.1 Å². The van der Waals surface area contributed by atoms with Crippen molar-refractivity contribution in [3.8, 4) is 5.69 Å². The molecule has 2 N–H and O–H groups in total. The third-order valence-corrected chi connectivity index (χ3v) is 6.71. The summed E-state index contributed by atoms with van der Waals surface area (Å²) in [5.41, 5.74) is 3.35. The first kappa shape index (κ1) is 21.4. The second kappa shape index (κ2) is 8.82. The molecule has 0 radical (unpaired) electrons. The highest BCUT2D eigenvalue weighted by Crippen LogP contribution is 2.42. The Hall–Kier alpha value is -3.46. The number of likely N-dealkylation sites (N-methyl/N-ethyl adjacent to an activating group) is 1. The third kappa shape index (κ3) is 4.04. The Balaban J connectivity index is 1.60. The van der Waals surface area contributed by atoms with Gasteiger partial charge in [-0.15, -0.1) is 0 Å². The van der Waals surface area contributed by atoms with E-state index in [-0.39, 0.29) is 11.6 Å². The summed E-state index contributed by atoms with van der Waals surface area (Å²) >= 11 is 0. The van der Waals surface area contributed by atoms with E-state index in [9.17, 15) is 14.7 Å². The molecule has 2 aliphatic rings. The van der Waals surface area contributed by atoms with Gasteiger partial charge in [-0.25, -0.2) is 14.5 Å². The minimum atomic E-state index is -1.05. The molecular weight excluding hydrogens is 420 g/mol. The molecule has 1 amide bonds. The van der Waals surface area contributed by atoms with Crippen LogP contribution in [0.15, 0.2) is 36.4 Å². The van der Waals surface area contributed by atoms with Crippen molar-refractivity contribution < 1.29 is 14.7 Å². The van der Waals surface area contributed by atoms with E-state index in [4.69, 9.17) is 5.10 Å². The number of rotatable bonds is 6. The lowest BCUT2D eigenvalue weighted by Crippen LogP contribution is -2.49. The summed E-state index contributed by atoms with van der Waals surface area (Å²) in [7, 11) is 1.64. The number of hydrogen-bond donors (Lipinski definition) is 2. The summed E-state index contributed by atoms with van der Waals surface area (Å²) < 4.78 is 1.79. The molecule has 0 unspecified atom stereocenters. The van der Waals surface area contributed by atoms with Gasteiger partial charge in [0.15, 0.2) is 11.3 Å². The van der Waals surface area contributed by atoms with Crippen molar-refractivity contribution in [3.63, 3.8) is 0 Å². The molecular formula is C24H28N6O3. The maximum absolute atomic E-state index is 12.0. The van der Waals surface area contributed by atoms with Crippen LogP contribution in [0.1, 0.15) is 41.4 Å². The van der Waals surface area contributed by atoms with Crippen molar-refractivity contribution in [2.24, 2.45) is 0 Å². The van der Waals surface area contributed by atoms with Gasteiger partial charge < -0.3 is 15.3 Å². The maximum atomic E-state index is 12.0. The first-order valence-corrected chi connectivity index (χ1v) is 11.5. The number of amides is 1. The first-order chi connectivity index (χ1) is 16.0. The summed E-state index contributed by atoms with van der Waals surface area (Å²) in [5.74, 6) is -0.690. The number of nitrogens with one attached hydrogen (secondary N) is 1. The fourth-order valence-corrected chi connectivity index (χ4v) is 4.63. The Labute approximate surface area is 192 Å². The van der Waals surface area contributed by atoms with Gasteiger partial charge in [0.25, 0.3) is 0 Å². The van der Waals surface area contributed by atoms with Crippen LogP contribution in [-0.4, -0.2) is 76.4 Å². The number of carboxylic acid groups (broad SMARTS) is 1. The van der Waals surface area contributed by atoms with Crippen LogP contribution in [-0.2, 0) is 4.79 Å². The second-order valence-electron chi connectivity index (χ2n) is 8.73. The molecule has 0 atom stereocenters. The Bertz CT molecular complexity index is 1180. The van der Waals surface area contributed by atoms with E-state index in [0.717, 1.165) is 48.4 Å². The number of carbonyl (C=O) groups excluding carboxylic acids is 1. The average Bonchev–Trinajstić information content (AvgIpc) is 3.17. The molecule has 0 spiro atoms. The van der Waals surface area contributed by atoms with E-state index in [1.54, 1.807) is 17.8 Å². The highest BCUT2D eigenvalue weighted by atomic mass is 16.4. The zero-order valence-corrected chi connectivity index (χ0v) is 18.7. The molecule has 3 heterocycles. The minimum absolute atomic E-state index is 0.000628. The lowest BCUT2D eigenvalue weighted by molar-refractivity contribution is -0.121. The van der Waals surface area contributed by atoms with E-state index in [1.807, 2.05) is 30.3 Å². The Kier molecular flexibility index (Phi) is 5.72. The number of carbonyl (C=O) groups is 2. The van der Waals surface area contributed by atoms with Gasteiger partial charge in [-0.05, 0) is 31.0 Å². The quantitative estimate of drug-likeness (QED) is 0.596. The van der Waals surface area contributed by atoms with Gasteiger partial charge in [-0.2, -0.15) is 5.10 Å². The molecule has 2 fully saturated rings. The molecule has 9 nitrogen and oxygen atoms in total. The number of pyridine rings is 1. The monoisotopic (exact) mass is 448 g/mol. The maximum Gasteiger partial charge on any atom is 0.354 e. The normalized spacial score (nSPS) is 17.2. The molecule has 33 heavy (non-hydrogen) atoms. The fourth-order valence-electron chi connectivity index (χ4n) is 4.63. The van der Waals surface area contributed by atoms with Crippen LogP contribution in [0.5, 0.6) is 0 Å². The van der Waals surface area contributed by atoms with E-state index in [0.29, 0.717) is 31.2 Å². The standard InChI is InChI=1S/C24H28N6O3/c1-25-20(31)15-28-10-12-29(13-11-28)19-14-18(24(32)33)26-23-21(19)22(16-6-5-7-16)27-30(23)17-8-3-2-4-9-17/h2-4,8-9,14,16H,5-7,10-13,15H2,1H3,(H,25,31)(H,32,33). The highest BCUT2D eigenvalue weighted by Gasteiger charge is 2.31. The van der Waals surface area contributed by atoms with Gasteiger partial charge in [0.05, 0.1) is 29.0 Å². The molecule has 2 aromatic heterocycles. The van der Waals surface area contributed by atoms with Crippen LogP contribution in [0.2, 0.25) is 0 Å². The lowest BCUT2D eigenvalue weighted by Gasteiger charge is -2.36. The minimum Gasteiger partial charge on any atom is -0.477 e. The largest absolute Gasteiger partial charge is 0.477 e. The van der Waals surface area contributed by atoms with Crippen molar-refractivity contribution in [1.29, 1.82) is 0 Å². The van der Waals surface area contributed by atoms with E-state index in [1.165, 1.54) is 6.42 Å². The molecule has 1 saturated carbocycles. The SMILES string of the molecule is CNC(=O)CN1CCN(c2cc(C(=O)O)nc3c2c(C2CCC2)nn3-c2ccccc2)CC1. The van der Waals surface area contributed by atoms with Gasteiger partial charge in [-0.3, -0.25) is 9.69 Å². The van der Waals surface area contributed by atoms with Crippen LogP contribution < -0.4 is 10.2 Å². The fraction of sp³-hybridized carbons (Fsp3) is 0.417. The molecule has 1 aliphatic heterocycles. The smallest absolute Gasteiger partial charge is 0.354 e. The zero-order valence-electron chi connectivity index (χ0n) is 18.7. The third-order valence-electron chi connectivity index (χ3n) is 6.71. The van der Waals surface area contributed by atoms with Crippen LogP contribution in [0.3, 0.4) is 0 Å². The highest BCUT2D eigenvalue weighted by molar-refractivity contribution is 5.98. The number of para-hydroxylation sites is 1. The van der Waals surface area contributed by atoms with Crippen molar-refractivity contribution in [1.82, 2.24) is 25.0 Å². The van der Waals surface area contributed by atoms with Crippen molar-refractivity contribution in [2.75, 3.05) is 44.7 Å². The number of nitrogens with zero attached hydrogens (tertiary/aromatic N) is 5. The number of carboxylic acids is 1. The topological polar surface area (TPSA) is 104 Å². The van der Waals surface area contributed by atoms with Crippen molar-refractivity contribution >= 4 is 28.6 Å². The molecule has 172 valence electrons. The predicted octanol–water partition coefficient (Wildman–Crippen LogP) is 2.25. The van der Waals surface area contributed by atoms with Gasteiger partial charge in [0, 0.05) is 39.1 Å². The molecule has 1 aliphatic carbocycles. The average molecular weight is 449 g/mol. The molecule has 0 bridgehead atoms. The predicted molar refractivity (Wildman–Crippen MR) is 125 cm³/mol. The number of fused-ring (bicyclic) bond motifs is 1. The summed E-state index contributed by atoms with van der Waals surface area (Å²) in [5, 5.41) is 18.4. The molecule has 3 aromatic rings. The molecule has 9 heteroatoms. The van der Waals surface area contributed by atoms with Gasteiger partial charge in [-0.1, -0.05) is 24.6 Å². The number of aromatic carboxylic acids is 1. The van der Waals surface area contributed by atoms with E-state index >= 15 is 0 Å². The number of hydrogen-bond acceptors (Lipinski definition) is 6. The summed E-state index contributed by atoms with van der Waals surface area (Å²) in [6.07, 6.45) is 3.35. The van der Waals surface area contributed by atoms with Crippen molar-refractivity contribution in [2.45, 2.75) is 25.2 Å². The van der Waals surface area contributed by atoms with Gasteiger partial charge >= 0.3 is 5.97 Å². The summed E-state index contributed by atoms with van der Waals surface area (Å²) in [6.45, 7) is 3.23. The number of piperazine rings is 1. The van der Waals surface area contributed by atoms with Crippen LogP contribution in [0, 0.1) is 0 Å². The molecule has 1 aromatic carbocycles. The molecule has 1 saturated heterocycles. The lowest BCUT2D eigenvalue weighted by atomic mass is 9.82. The second-order valence-corrected chi connectivity index (χ2v) is 8.73. The Morgan fingerprint density at radius 3 is 2.45 bits per heavy atom. The first-order valence-electron chi connectivity index (χ1n) is 11.5. The van der Waals surface area contributed by atoms with Gasteiger partial charge in [0.1, 0.15) is 0 Å². The number of anilines is 1. The number of benzene rings is 1. The van der Waals surface area contributed by atoms with Gasteiger partial charge in [0.2, 0.25) is 5.91 Å². The van der Waals surface area contributed by atoms with Crippen LogP contribution in [0.4, 0.5) is 5.69 Å². The Morgan fingerprint density at radius 1 is 1.12 bits per heavy atom. The molecule has 5 rings (SSSR count). The van der Waals surface area contributed by atoms with Crippen LogP contribution in [0.25, 0.3) is 16.7 Å². The Morgan fingerprint density at radius 2 is 1.85 bits per heavy atom. The zero-order chi connectivity index (χ0) is 22.9. The van der Waals surface area contributed by atoms with Crippen LogP contribution >= 0.6 is 0 Å². The summed E-state index contributed by atoms with van der Waals surface area (Å²) in [4.78, 5) is 32.6. The summed E-state index contributed by atoms with van der Waals surface area (Å²) in [6, 6.07) is 11.5.